The van der Waals surface area contributed by atoms with Crippen molar-refractivity contribution >= 4 is 23.6 Å². The fraction of sp³-hybridized carbons (Fsp3) is 0.214. The molecule has 1 unspecified atom stereocenters. The molecule has 0 aromatic heterocycles. The van der Waals surface area contributed by atoms with Crippen LogP contribution in [0.15, 0.2) is 95.7 Å². The first-order chi connectivity index (χ1) is 13.9. The van der Waals surface area contributed by atoms with Gasteiger partial charge in [0.2, 0.25) is 0 Å². The molecule has 1 aliphatic rings. The highest BCUT2D eigenvalue weighted by atomic mass is 28.3. The molecular weight excluding hydrogens is 364 g/mol. The van der Waals surface area contributed by atoms with E-state index in [-0.39, 0.29) is 0 Å². The van der Waals surface area contributed by atoms with Crippen LogP contribution in [0.1, 0.15) is 30.5 Å². The molecular formula is C28H30Si. The minimum absolute atomic E-state index is 0.483. The Morgan fingerprint density at radius 3 is 1.31 bits per heavy atom. The number of benzene rings is 3. The highest BCUT2D eigenvalue weighted by Gasteiger charge is 2.44. The van der Waals surface area contributed by atoms with Crippen molar-refractivity contribution < 1.29 is 0 Å². The minimum Gasteiger partial charge on any atom is -0.0773 e. The Morgan fingerprint density at radius 2 is 1.00 bits per heavy atom. The molecule has 1 aliphatic carbocycles. The molecule has 0 spiro atoms. The van der Waals surface area contributed by atoms with Gasteiger partial charge in [-0.1, -0.05) is 114 Å². The fourth-order valence-electron chi connectivity index (χ4n) is 4.95. The van der Waals surface area contributed by atoms with Gasteiger partial charge in [-0.3, -0.25) is 0 Å². The molecule has 0 heterocycles. The number of hydrogen-bond donors (Lipinski definition) is 0. The number of aryl methyl sites for hydroxylation is 3. The number of allylic oxidation sites excluding steroid dienone is 4. The number of rotatable bonds is 4. The molecule has 1 atom stereocenters. The van der Waals surface area contributed by atoms with Crippen molar-refractivity contribution in [3.63, 3.8) is 0 Å². The molecule has 0 saturated heterocycles. The Labute approximate surface area is 176 Å². The third kappa shape index (κ3) is 3.45. The molecule has 0 amide bonds. The summed E-state index contributed by atoms with van der Waals surface area (Å²) in [6.07, 6.45) is 4.95. The van der Waals surface area contributed by atoms with E-state index in [1.807, 2.05) is 0 Å². The topological polar surface area (TPSA) is 0 Å². The van der Waals surface area contributed by atoms with E-state index in [4.69, 9.17) is 0 Å². The summed E-state index contributed by atoms with van der Waals surface area (Å²) < 4.78 is 0. The minimum atomic E-state index is -2.40. The van der Waals surface area contributed by atoms with Gasteiger partial charge in [0.25, 0.3) is 0 Å². The van der Waals surface area contributed by atoms with E-state index in [0.29, 0.717) is 5.92 Å². The zero-order valence-electron chi connectivity index (χ0n) is 18.2. The largest absolute Gasteiger partial charge is 0.179 e. The zero-order chi connectivity index (χ0) is 20.6. The molecule has 0 saturated carbocycles. The monoisotopic (exact) mass is 394 g/mol. The lowest BCUT2D eigenvalue weighted by Crippen LogP contribution is -2.69. The summed E-state index contributed by atoms with van der Waals surface area (Å²) in [7, 11) is -2.40. The zero-order valence-corrected chi connectivity index (χ0v) is 19.2. The molecule has 146 valence electrons. The smallest absolute Gasteiger partial charge is 0.0773 e. The Morgan fingerprint density at radius 1 is 0.586 bits per heavy atom. The second-order valence-corrected chi connectivity index (χ2v) is 12.4. The van der Waals surface area contributed by atoms with Crippen LogP contribution in [0, 0.1) is 26.7 Å². The third-order valence-corrected chi connectivity index (χ3v) is 11.0. The van der Waals surface area contributed by atoms with Crippen LogP contribution in [-0.4, -0.2) is 8.07 Å². The summed E-state index contributed by atoms with van der Waals surface area (Å²) in [6, 6.07) is 27.7. The van der Waals surface area contributed by atoms with E-state index in [9.17, 15) is 0 Å². The van der Waals surface area contributed by atoms with Crippen LogP contribution < -0.4 is 15.6 Å². The van der Waals surface area contributed by atoms with Gasteiger partial charge in [0.05, 0.1) is 0 Å². The van der Waals surface area contributed by atoms with Gasteiger partial charge in [-0.2, -0.15) is 0 Å². The lowest BCUT2D eigenvalue weighted by molar-refractivity contribution is 0.954. The van der Waals surface area contributed by atoms with Gasteiger partial charge in [-0.15, -0.1) is 0 Å². The lowest BCUT2D eigenvalue weighted by Gasteiger charge is -2.36. The average molecular weight is 395 g/mol. The van der Waals surface area contributed by atoms with Crippen LogP contribution in [0.2, 0.25) is 0 Å². The fourth-order valence-corrected chi connectivity index (χ4v) is 10.4. The first-order valence-electron chi connectivity index (χ1n) is 10.5. The highest BCUT2D eigenvalue weighted by molar-refractivity contribution is 7.16. The predicted octanol–water partition coefficient (Wildman–Crippen LogP) is 5.14. The Bertz CT molecular complexity index is 1010. The van der Waals surface area contributed by atoms with E-state index in [1.165, 1.54) is 37.8 Å². The summed E-state index contributed by atoms with van der Waals surface area (Å²) >= 11 is 0. The van der Waals surface area contributed by atoms with E-state index in [0.717, 1.165) is 0 Å². The molecule has 0 N–H and O–H groups in total. The van der Waals surface area contributed by atoms with Crippen molar-refractivity contribution in [2.24, 2.45) is 5.92 Å². The quantitative estimate of drug-likeness (QED) is 0.424. The number of hydrogen-bond acceptors (Lipinski definition) is 0. The SMILES string of the molecule is CC1=CC(C)C=C1[Si](c1cccc(C)c1)(c1cccc(C)c1)c1cccc(C)c1. The van der Waals surface area contributed by atoms with Gasteiger partial charge in [-0.05, 0) is 54.4 Å². The maximum Gasteiger partial charge on any atom is 0.179 e. The van der Waals surface area contributed by atoms with Crippen molar-refractivity contribution in [2.75, 3.05) is 0 Å². The summed E-state index contributed by atoms with van der Waals surface area (Å²) in [6.45, 7) is 11.2. The third-order valence-electron chi connectivity index (χ3n) is 6.12. The normalized spacial score (nSPS) is 16.5. The molecule has 1 heteroatoms. The van der Waals surface area contributed by atoms with E-state index >= 15 is 0 Å². The molecule has 0 nitrogen and oxygen atoms in total. The lowest BCUT2D eigenvalue weighted by atomic mass is 10.2. The van der Waals surface area contributed by atoms with Gasteiger partial charge in [-0.25, -0.2) is 0 Å². The second kappa shape index (κ2) is 7.65. The molecule has 4 rings (SSSR count). The maximum absolute atomic E-state index is 2.52. The first kappa shape index (κ1) is 19.7. The molecule has 0 radical (unpaired) electrons. The molecule has 3 aromatic rings. The van der Waals surface area contributed by atoms with Crippen LogP contribution in [0.25, 0.3) is 0 Å². The molecule has 0 fully saturated rings. The Kier molecular flexibility index (Phi) is 5.18. The maximum atomic E-state index is 2.52. The predicted molar refractivity (Wildman–Crippen MR) is 129 cm³/mol. The van der Waals surface area contributed by atoms with Crippen LogP contribution in [0.4, 0.5) is 0 Å². The van der Waals surface area contributed by atoms with Gasteiger partial charge < -0.3 is 0 Å². The standard InChI is InChI=1S/C28H30Si/c1-20-9-6-12-25(16-20)29(26-13-7-10-21(2)17-26,27-14-8-11-22(3)18-27)28-19-23(4)15-24(28)5/h6-19,23H,1-5H3. The average Bonchev–Trinajstić information content (AvgIpc) is 3.01. The van der Waals surface area contributed by atoms with Crippen molar-refractivity contribution in [1.82, 2.24) is 0 Å². The highest BCUT2D eigenvalue weighted by Crippen LogP contribution is 2.31. The van der Waals surface area contributed by atoms with Crippen LogP contribution in [0.3, 0.4) is 0 Å². The van der Waals surface area contributed by atoms with Crippen molar-refractivity contribution in [1.29, 1.82) is 0 Å². The Hall–Kier alpha value is -2.64. The van der Waals surface area contributed by atoms with Gasteiger partial charge >= 0.3 is 0 Å². The van der Waals surface area contributed by atoms with E-state index in [2.05, 4.69) is 120 Å². The summed E-state index contributed by atoms with van der Waals surface area (Å²) in [5, 5.41) is 5.97. The van der Waals surface area contributed by atoms with E-state index in [1.54, 1.807) is 5.20 Å². The van der Waals surface area contributed by atoms with Crippen molar-refractivity contribution in [3.05, 3.63) is 112 Å². The molecule has 29 heavy (non-hydrogen) atoms. The van der Waals surface area contributed by atoms with Gasteiger partial charge in [0, 0.05) is 0 Å². The van der Waals surface area contributed by atoms with Gasteiger partial charge in [0.15, 0.2) is 8.07 Å². The molecule has 0 aliphatic heterocycles. The van der Waals surface area contributed by atoms with E-state index < -0.39 is 8.07 Å². The van der Waals surface area contributed by atoms with Crippen molar-refractivity contribution in [3.8, 4) is 0 Å². The van der Waals surface area contributed by atoms with Crippen molar-refractivity contribution in [2.45, 2.75) is 34.6 Å². The summed E-state index contributed by atoms with van der Waals surface area (Å²) in [5.41, 5.74) is 5.42. The summed E-state index contributed by atoms with van der Waals surface area (Å²) in [4.78, 5) is 0. The van der Waals surface area contributed by atoms with Crippen LogP contribution in [-0.2, 0) is 0 Å². The first-order valence-corrected chi connectivity index (χ1v) is 12.5. The molecule has 0 bridgehead atoms. The second-order valence-electron chi connectivity index (χ2n) is 8.65. The van der Waals surface area contributed by atoms with Crippen LogP contribution >= 0.6 is 0 Å². The summed E-state index contributed by atoms with van der Waals surface area (Å²) in [5.74, 6) is 0.483. The molecule has 3 aromatic carbocycles. The van der Waals surface area contributed by atoms with Gasteiger partial charge in [0.1, 0.15) is 0 Å². The Balaban J connectivity index is 2.17. The van der Waals surface area contributed by atoms with Crippen LogP contribution in [0.5, 0.6) is 0 Å².